The first-order valence-electron chi connectivity index (χ1n) is 11.8. The van der Waals surface area contributed by atoms with Crippen molar-refractivity contribution in [2.45, 2.75) is 13.5 Å². The van der Waals surface area contributed by atoms with E-state index in [1.165, 1.54) is 5.56 Å². The Morgan fingerprint density at radius 3 is 2.51 bits per heavy atom. The zero-order valence-corrected chi connectivity index (χ0v) is 20.3. The van der Waals surface area contributed by atoms with Crippen molar-refractivity contribution in [3.63, 3.8) is 0 Å². The van der Waals surface area contributed by atoms with Gasteiger partial charge in [0.2, 0.25) is 0 Å². The van der Waals surface area contributed by atoms with Crippen molar-refractivity contribution in [1.82, 2.24) is 29.5 Å². The summed E-state index contributed by atoms with van der Waals surface area (Å²) in [6, 6.07) is 15.5. The molecule has 1 fully saturated rings. The van der Waals surface area contributed by atoms with Gasteiger partial charge in [0.25, 0.3) is 0 Å². The van der Waals surface area contributed by atoms with Crippen LogP contribution in [0.5, 0.6) is 0 Å². The highest BCUT2D eigenvalue weighted by Gasteiger charge is 2.14. The number of aryl methyl sites for hydroxylation is 2. The molecule has 3 heterocycles. The van der Waals surface area contributed by atoms with Gasteiger partial charge in [-0.25, -0.2) is 14.8 Å². The Labute approximate surface area is 204 Å². The highest BCUT2D eigenvalue weighted by atomic mass is 16.2. The maximum absolute atomic E-state index is 12.6. The van der Waals surface area contributed by atoms with Gasteiger partial charge in [0, 0.05) is 68.7 Å². The average Bonchev–Trinajstić information content (AvgIpc) is 3.21. The van der Waals surface area contributed by atoms with E-state index in [0.717, 1.165) is 66.4 Å². The molecule has 0 radical (unpaired) electrons. The minimum Gasteiger partial charge on any atom is -0.308 e. The Kier molecular flexibility index (Phi) is 6.43. The molecule has 0 saturated carbocycles. The van der Waals surface area contributed by atoms with Crippen LogP contribution in [0.1, 0.15) is 11.4 Å². The van der Waals surface area contributed by atoms with E-state index in [9.17, 15) is 4.79 Å². The second kappa shape index (κ2) is 9.81. The predicted molar refractivity (Wildman–Crippen MR) is 138 cm³/mol. The summed E-state index contributed by atoms with van der Waals surface area (Å²) in [5.41, 5.74) is 4.74. The molecule has 9 nitrogen and oxygen atoms in total. The fraction of sp³-hybridized carbons (Fsp3) is 0.308. The van der Waals surface area contributed by atoms with Crippen molar-refractivity contribution >= 4 is 28.4 Å². The van der Waals surface area contributed by atoms with Gasteiger partial charge in [-0.3, -0.25) is 14.9 Å². The van der Waals surface area contributed by atoms with Crippen molar-refractivity contribution in [3.05, 3.63) is 66.1 Å². The SMILES string of the molecule is Cc1ncc2cc(-c3cc(NC(=O)Nc4ccc(CN5CCN(C)CC5)cc4)nn3C)ccc2n1. The zero-order chi connectivity index (χ0) is 24.4. The quantitative estimate of drug-likeness (QED) is 0.462. The summed E-state index contributed by atoms with van der Waals surface area (Å²) in [4.78, 5) is 26.1. The number of rotatable bonds is 5. The van der Waals surface area contributed by atoms with Gasteiger partial charge < -0.3 is 10.2 Å². The first kappa shape index (κ1) is 22.9. The van der Waals surface area contributed by atoms with E-state index >= 15 is 0 Å². The smallest absolute Gasteiger partial charge is 0.308 e. The van der Waals surface area contributed by atoms with Gasteiger partial charge in [0.05, 0.1) is 11.2 Å². The van der Waals surface area contributed by atoms with Crippen LogP contribution in [0.25, 0.3) is 22.2 Å². The van der Waals surface area contributed by atoms with E-state index in [4.69, 9.17) is 0 Å². The van der Waals surface area contributed by atoms with Gasteiger partial charge >= 0.3 is 6.03 Å². The van der Waals surface area contributed by atoms with E-state index in [1.807, 2.05) is 56.6 Å². The van der Waals surface area contributed by atoms with Gasteiger partial charge in [0.1, 0.15) is 5.82 Å². The summed E-state index contributed by atoms with van der Waals surface area (Å²) in [5.74, 6) is 1.22. The fourth-order valence-electron chi connectivity index (χ4n) is 4.32. The van der Waals surface area contributed by atoms with E-state index in [-0.39, 0.29) is 6.03 Å². The van der Waals surface area contributed by atoms with Gasteiger partial charge in [-0.15, -0.1) is 0 Å². The van der Waals surface area contributed by atoms with E-state index < -0.39 is 0 Å². The predicted octanol–water partition coefficient (Wildman–Crippen LogP) is 3.73. The molecular formula is C26H30N8O. The maximum atomic E-state index is 12.6. The second-order valence-corrected chi connectivity index (χ2v) is 9.08. The lowest BCUT2D eigenvalue weighted by molar-refractivity contribution is 0.148. The van der Waals surface area contributed by atoms with E-state index in [1.54, 1.807) is 4.68 Å². The molecule has 4 aromatic rings. The lowest BCUT2D eigenvalue weighted by Gasteiger charge is -2.32. The minimum absolute atomic E-state index is 0.330. The van der Waals surface area contributed by atoms with Crippen LogP contribution in [0.3, 0.4) is 0 Å². The van der Waals surface area contributed by atoms with Crippen molar-refractivity contribution in [3.8, 4) is 11.3 Å². The summed E-state index contributed by atoms with van der Waals surface area (Å²) in [6.45, 7) is 7.17. The van der Waals surface area contributed by atoms with Crippen LogP contribution >= 0.6 is 0 Å². The van der Waals surface area contributed by atoms with Crippen molar-refractivity contribution in [1.29, 1.82) is 0 Å². The van der Waals surface area contributed by atoms with Crippen LogP contribution in [0.2, 0.25) is 0 Å². The van der Waals surface area contributed by atoms with Crippen LogP contribution in [0.15, 0.2) is 54.7 Å². The number of benzene rings is 2. The first-order valence-corrected chi connectivity index (χ1v) is 11.8. The number of fused-ring (bicyclic) bond motifs is 1. The number of anilines is 2. The highest BCUT2D eigenvalue weighted by Crippen LogP contribution is 2.25. The molecule has 2 N–H and O–H groups in total. The van der Waals surface area contributed by atoms with Crippen LogP contribution in [0.4, 0.5) is 16.3 Å². The number of urea groups is 1. The largest absolute Gasteiger partial charge is 0.324 e. The molecule has 5 rings (SSSR count). The third-order valence-electron chi connectivity index (χ3n) is 6.33. The molecule has 0 atom stereocenters. The van der Waals surface area contributed by atoms with Crippen LogP contribution in [0, 0.1) is 6.92 Å². The first-order chi connectivity index (χ1) is 16.9. The van der Waals surface area contributed by atoms with E-state index in [2.05, 4.69) is 54.7 Å². The number of amides is 2. The van der Waals surface area contributed by atoms with Gasteiger partial charge in [0.15, 0.2) is 5.82 Å². The van der Waals surface area contributed by atoms with Crippen LogP contribution in [-0.2, 0) is 13.6 Å². The number of nitrogens with one attached hydrogen (secondary N) is 2. The third kappa shape index (κ3) is 5.47. The second-order valence-electron chi connectivity index (χ2n) is 9.08. The monoisotopic (exact) mass is 470 g/mol. The molecule has 9 heteroatoms. The van der Waals surface area contributed by atoms with Gasteiger partial charge in [-0.2, -0.15) is 5.10 Å². The van der Waals surface area contributed by atoms with Gasteiger partial charge in [-0.1, -0.05) is 18.2 Å². The summed E-state index contributed by atoms with van der Waals surface area (Å²) in [5, 5.41) is 11.1. The highest BCUT2D eigenvalue weighted by molar-refractivity contribution is 5.99. The molecule has 0 aliphatic carbocycles. The fourth-order valence-corrected chi connectivity index (χ4v) is 4.32. The molecule has 1 aliphatic rings. The Hall–Kier alpha value is -3.82. The molecule has 2 amide bonds. The number of piperazine rings is 1. The van der Waals surface area contributed by atoms with Crippen molar-refractivity contribution < 1.29 is 4.79 Å². The molecule has 180 valence electrons. The molecular weight excluding hydrogens is 440 g/mol. The summed E-state index contributed by atoms with van der Waals surface area (Å²) >= 11 is 0. The topological polar surface area (TPSA) is 91.2 Å². The molecule has 1 aliphatic heterocycles. The molecule has 0 unspecified atom stereocenters. The van der Waals surface area contributed by atoms with Crippen molar-refractivity contribution in [2.24, 2.45) is 7.05 Å². The molecule has 0 bridgehead atoms. The number of hydrogen-bond acceptors (Lipinski definition) is 6. The minimum atomic E-state index is -0.330. The summed E-state index contributed by atoms with van der Waals surface area (Å²) in [6.07, 6.45) is 1.82. The maximum Gasteiger partial charge on any atom is 0.324 e. The Balaban J connectivity index is 1.20. The van der Waals surface area contributed by atoms with Gasteiger partial charge in [-0.05, 0) is 43.8 Å². The van der Waals surface area contributed by atoms with Crippen LogP contribution in [-0.4, -0.2) is 68.8 Å². The molecule has 0 spiro atoms. The normalized spacial score (nSPS) is 14.8. The molecule has 1 saturated heterocycles. The number of carbonyl (C=O) groups is 1. The Bertz CT molecular complexity index is 1340. The average molecular weight is 471 g/mol. The zero-order valence-electron chi connectivity index (χ0n) is 20.3. The lowest BCUT2D eigenvalue weighted by Crippen LogP contribution is -2.43. The standard InChI is InChI=1S/C26H30N8O/c1-18-27-16-21-14-20(6-9-23(21)28-18)24-15-25(31-33(24)3)30-26(35)29-22-7-4-19(5-8-22)17-34-12-10-32(2)11-13-34/h4-9,14-16H,10-13,17H2,1-3H3,(H2,29,30,31,35). The summed E-state index contributed by atoms with van der Waals surface area (Å²) in [7, 11) is 4.02. The third-order valence-corrected chi connectivity index (χ3v) is 6.33. The number of hydrogen-bond donors (Lipinski definition) is 2. The van der Waals surface area contributed by atoms with Crippen molar-refractivity contribution in [2.75, 3.05) is 43.9 Å². The van der Waals surface area contributed by atoms with E-state index in [0.29, 0.717) is 5.82 Å². The molecule has 2 aromatic carbocycles. The number of aromatic nitrogens is 4. The molecule has 35 heavy (non-hydrogen) atoms. The number of carbonyl (C=O) groups excluding carboxylic acids is 1. The molecule has 2 aromatic heterocycles. The number of likely N-dealkylation sites (N-methyl/N-ethyl adjacent to an activating group) is 1. The summed E-state index contributed by atoms with van der Waals surface area (Å²) < 4.78 is 1.75. The lowest BCUT2D eigenvalue weighted by atomic mass is 10.1. The number of nitrogens with zero attached hydrogens (tertiary/aromatic N) is 6. The Morgan fingerprint density at radius 1 is 0.971 bits per heavy atom. The van der Waals surface area contributed by atoms with Crippen LogP contribution < -0.4 is 10.6 Å². The Morgan fingerprint density at radius 2 is 1.74 bits per heavy atom.